The van der Waals surface area contributed by atoms with Crippen molar-refractivity contribution in [3.8, 4) is 0 Å². The van der Waals surface area contributed by atoms with E-state index in [1.54, 1.807) is 17.9 Å². The molecule has 0 spiro atoms. The van der Waals surface area contributed by atoms with Crippen LogP contribution in [0.15, 0.2) is 6.20 Å². The van der Waals surface area contributed by atoms with Crippen LogP contribution in [0.1, 0.15) is 19.0 Å². The fourth-order valence-electron chi connectivity index (χ4n) is 1.51. The van der Waals surface area contributed by atoms with Gasteiger partial charge >= 0.3 is 12.0 Å². The van der Waals surface area contributed by atoms with Crippen molar-refractivity contribution in [1.29, 1.82) is 0 Å². The first-order valence-electron chi connectivity index (χ1n) is 5.92. The second-order valence-corrected chi connectivity index (χ2v) is 4.04. The summed E-state index contributed by atoms with van der Waals surface area (Å²) < 4.78 is 1.60. The Kier molecular flexibility index (Phi) is 5.31. The van der Waals surface area contributed by atoms with Gasteiger partial charge in [-0.1, -0.05) is 6.92 Å². The summed E-state index contributed by atoms with van der Waals surface area (Å²) in [4.78, 5) is 21.9. The number of aromatic nitrogens is 2. The van der Waals surface area contributed by atoms with E-state index in [9.17, 15) is 9.59 Å². The van der Waals surface area contributed by atoms with E-state index in [0.717, 1.165) is 5.69 Å². The number of amides is 2. The molecule has 0 aromatic carbocycles. The standard InChI is InChI=1S/C11H18N4O4/c1-3-7-8(6-15(2)14-7)13-11(19)12-5-4-9(16)10(17)18/h6,9,16H,3-5H2,1-2H3,(H,17,18)(H2,12,13,19)/t9-/m0/s1. The van der Waals surface area contributed by atoms with E-state index >= 15 is 0 Å². The van der Waals surface area contributed by atoms with Gasteiger partial charge in [0.2, 0.25) is 0 Å². The van der Waals surface area contributed by atoms with Gasteiger partial charge in [-0.05, 0) is 6.42 Å². The molecule has 8 heteroatoms. The number of aliphatic hydroxyl groups is 1. The van der Waals surface area contributed by atoms with E-state index in [1.807, 2.05) is 6.92 Å². The van der Waals surface area contributed by atoms with E-state index in [0.29, 0.717) is 12.1 Å². The molecule has 1 atom stereocenters. The molecular formula is C11H18N4O4. The summed E-state index contributed by atoms with van der Waals surface area (Å²) in [5.41, 5.74) is 1.38. The molecule has 0 saturated carbocycles. The SMILES string of the molecule is CCc1nn(C)cc1NC(=O)NCC[C@H](O)C(=O)O. The molecule has 0 bridgehead atoms. The number of hydrogen-bond acceptors (Lipinski definition) is 4. The quantitative estimate of drug-likeness (QED) is 0.578. The summed E-state index contributed by atoms with van der Waals surface area (Å²) in [6, 6.07) is -0.458. The van der Waals surface area contributed by atoms with E-state index in [1.165, 1.54) is 0 Å². The molecule has 4 N–H and O–H groups in total. The number of carbonyl (C=O) groups excluding carboxylic acids is 1. The number of aryl methyl sites for hydroxylation is 2. The fraction of sp³-hybridized carbons (Fsp3) is 0.545. The van der Waals surface area contributed by atoms with E-state index < -0.39 is 18.1 Å². The topological polar surface area (TPSA) is 116 Å². The molecular weight excluding hydrogens is 252 g/mol. The van der Waals surface area contributed by atoms with E-state index in [2.05, 4.69) is 15.7 Å². The molecule has 2 amide bonds. The Morgan fingerprint density at radius 1 is 1.53 bits per heavy atom. The Labute approximate surface area is 110 Å². The first-order chi connectivity index (χ1) is 8.93. The summed E-state index contributed by atoms with van der Waals surface area (Å²) >= 11 is 0. The molecule has 19 heavy (non-hydrogen) atoms. The zero-order chi connectivity index (χ0) is 14.4. The number of aliphatic hydroxyl groups excluding tert-OH is 1. The van der Waals surface area contributed by atoms with E-state index in [4.69, 9.17) is 10.2 Å². The number of hydrogen-bond donors (Lipinski definition) is 4. The number of carboxylic acids is 1. The molecule has 0 unspecified atom stereocenters. The smallest absolute Gasteiger partial charge is 0.332 e. The van der Waals surface area contributed by atoms with Crippen molar-refractivity contribution in [3.05, 3.63) is 11.9 Å². The highest BCUT2D eigenvalue weighted by atomic mass is 16.4. The van der Waals surface area contributed by atoms with Crippen molar-refractivity contribution in [2.45, 2.75) is 25.9 Å². The number of rotatable bonds is 6. The van der Waals surface area contributed by atoms with Gasteiger partial charge < -0.3 is 20.8 Å². The van der Waals surface area contributed by atoms with Crippen LogP contribution in [0.25, 0.3) is 0 Å². The first-order valence-corrected chi connectivity index (χ1v) is 5.92. The predicted molar refractivity (Wildman–Crippen MR) is 67.9 cm³/mol. The van der Waals surface area contributed by atoms with Crippen molar-refractivity contribution >= 4 is 17.7 Å². The van der Waals surface area contributed by atoms with Crippen LogP contribution in [0.3, 0.4) is 0 Å². The normalized spacial score (nSPS) is 11.9. The monoisotopic (exact) mass is 270 g/mol. The van der Waals surface area contributed by atoms with Crippen molar-refractivity contribution in [2.75, 3.05) is 11.9 Å². The summed E-state index contributed by atoms with van der Waals surface area (Å²) in [7, 11) is 1.76. The van der Waals surface area contributed by atoms with Crippen LogP contribution in [0.5, 0.6) is 0 Å². The van der Waals surface area contributed by atoms with Crippen LogP contribution in [0, 0.1) is 0 Å². The maximum absolute atomic E-state index is 11.6. The third kappa shape index (κ3) is 4.59. The van der Waals surface area contributed by atoms with Gasteiger partial charge in [-0.15, -0.1) is 0 Å². The van der Waals surface area contributed by atoms with Crippen LogP contribution in [0.2, 0.25) is 0 Å². The molecule has 0 fully saturated rings. The summed E-state index contributed by atoms with van der Waals surface area (Å²) in [6.45, 7) is 2.00. The third-order valence-electron chi connectivity index (χ3n) is 2.48. The van der Waals surface area contributed by atoms with Gasteiger partial charge in [0.25, 0.3) is 0 Å². The molecule has 1 heterocycles. The average molecular weight is 270 g/mol. The zero-order valence-corrected chi connectivity index (χ0v) is 10.9. The van der Waals surface area contributed by atoms with Gasteiger partial charge in [-0.25, -0.2) is 9.59 Å². The molecule has 1 aromatic heterocycles. The van der Waals surface area contributed by atoms with Crippen molar-refractivity contribution in [3.63, 3.8) is 0 Å². The van der Waals surface area contributed by atoms with Crippen molar-refractivity contribution in [1.82, 2.24) is 15.1 Å². The van der Waals surface area contributed by atoms with Gasteiger partial charge in [-0.3, -0.25) is 4.68 Å². The van der Waals surface area contributed by atoms with Crippen LogP contribution < -0.4 is 10.6 Å². The second-order valence-electron chi connectivity index (χ2n) is 4.04. The van der Waals surface area contributed by atoms with Crippen LogP contribution in [-0.2, 0) is 18.3 Å². The van der Waals surface area contributed by atoms with Gasteiger partial charge in [0.05, 0.1) is 11.4 Å². The molecule has 0 saturated heterocycles. The Morgan fingerprint density at radius 3 is 2.79 bits per heavy atom. The van der Waals surface area contributed by atoms with Gasteiger partial charge in [-0.2, -0.15) is 5.10 Å². The Morgan fingerprint density at radius 2 is 2.21 bits per heavy atom. The first kappa shape index (κ1) is 15.0. The minimum absolute atomic E-state index is 0.0452. The third-order valence-corrected chi connectivity index (χ3v) is 2.48. The average Bonchev–Trinajstić information content (AvgIpc) is 2.68. The Bertz CT molecular complexity index is 458. The van der Waals surface area contributed by atoms with Gasteiger partial charge in [0, 0.05) is 26.2 Å². The lowest BCUT2D eigenvalue weighted by atomic mass is 10.2. The van der Waals surface area contributed by atoms with Crippen molar-refractivity contribution in [2.24, 2.45) is 7.05 Å². The maximum atomic E-state index is 11.6. The number of carbonyl (C=O) groups is 2. The second kappa shape index (κ2) is 6.74. The van der Waals surface area contributed by atoms with Crippen molar-refractivity contribution < 1.29 is 19.8 Å². The number of nitrogens with one attached hydrogen (secondary N) is 2. The molecule has 0 aliphatic carbocycles. The number of aliphatic carboxylic acids is 1. The van der Waals surface area contributed by atoms with Crippen LogP contribution in [-0.4, -0.2) is 44.6 Å². The number of carboxylic acid groups (broad SMARTS) is 1. The minimum atomic E-state index is -1.47. The molecule has 1 aromatic rings. The Hall–Kier alpha value is -2.09. The van der Waals surface area contributed by atoms with Gasteiger partial charge in [0.15, 0.2) is 6.10 Å². The highest BCUT2D eigenvalue weighted by Crippen LogP contribution is 2.13. The number of nitrogens with zero attached hydrogens (tertiary/aromatic N) is 2. The molecule has 8 nitrogen and oxygen atoms in total. The molecule has 0 radical (unpaired) electrons. The van der Waals surface area contributed by atoms with Crippen LogP contribution >= 0.6 is 0 Å². The molecule has 1 rings (SSSR count). The lowest BCUT2D eigenvalue weighted by Gasteiger charge is -2.08. The molecule has 0 aliphatic heterocycles. The summed E-state index contributed by atoms with van der Waals surface area (Å²) in [5, 5.41) is 26.8. The minimum Gasteiger partial charge on any atom is -0.479 e. The van der Waals surface area contributed by atoms with Crippen LogP contribution in [0.4, 0.5) is 10.5 Å². The maximum Gasteiger partial charge on any atom is 0.332 e. The number of urea groups is 1. The highest BCUT2D eigenvalue weighted by Gasteiger charge is 2.13. The highest BCUT2D eigenvalue weighted by molar-refractivity contribution is 5.89. The number of anilines is 1. The predicted octanol–water partition coefficient (Wildman–Crippen LogP) is -0.0604. The summed E-state index contributed by atoms with van der Waals surface area (Å²) in [5.74, 6) is -1.30. The lowest BCUT2D eigenvalue weighted by Crippen LogP contribution is -2.33. The molecule has 0 aliphatic rings. The fourth-order valence-corrected chi connectivity index (χ4v) is 1.51. The Balaban J connectivity index is 2.41. The van der Waals surface area contributed by atoms with Gasteiger partial charge in [0.1, 0.15) is 0 Å². The summed E-state index contributed by atoms with van der Waals surface area (Å²) in [6.07, 6.45) is 0.861. The lowest BCUT2D eigenvalue weighted by molar-refractivity contribution is -0.146. The van der Waals surface area contributed by atoms with E-state index in [-0.39, 0.29) is 13.0 Å². The zero-order valence-electron chi connectivity index (χ0n) is 10.9. The largest absolute Gasteiger partial charge is 0.479 e. The molecule has 106 valence electrons.